The fourth-order valence-corrected chi connectivity index (χ4v) is 5.46. The molecular formula is C32H35N5O4. The van der Waals surface area contributed by atoms with E-state index in [1.165, 1.54) is 7.11 Å². The highest BCUT2D eigenvalue weighted by Crippen LogP contribution is 2.34. The lowest BCUT2D eigenvalue weighted by molar-refractivity contribution is 0.0601. The van der Waals surface area contributed by atoms with Crippen molar-refractivity contribution in [1.29, 1.82) is 0 Å². The van der Waals surface area contributed by atoms with Gasteiger partial charge in [-0.2, -0.15) is 0 Å². The number of carbonyl (C=O) groups excluding carboxylic acids is 1. The zero-order valence-corrected chi connectivity index (χ0v) is 23.6. The molecule has 4 aromatic rings. The summed E-state index contributed by atoms with van der Waals surface area (Å²) >= 11 is 0. The van der Waals surface area contributed by atoms with E-state index in [-0.39, 0.29) is 18.2 Å². The minimum atomic E-state index is -0.438. The molecule has 0 spiro atoms. The van der Waals surface area contributed by atoms with E-state index in [1.54, 1.807) is 18.2 Å². The third-order valence-corrected chi connectivity index (χ3v) is 7.95. The molecule has 0 bridgehead atoms. The summed E-state index contributed by atoms with van der Waals surface area (Å²) in [5.74, 6) is -0.454. The molecule has 0 aliphatic carbocycles. The summed E-state index contributed by atoms with van der Waals surface area (Å²) in [7, 11) is 5.58. The maximum Gasteiger partial charge on any atom is 0.337 e. The van der Waals surface area contributed by atoms with Crippen molar-refractivity contribution in [2.45, 2.75) is 12.3 Å². The van der Waals surface area contributed by atoms with Crippen LogP contribution in [0.1, 0.15) is 21.5 Å². The second-order valence-corrected chi connectivity index (χ2v) is 10.7. The first-order valence-electron chi connectivity index (χ1n) is 13.9. The number of methoxy groups -OCH3 is 1. The normalized spacial score (nSPS) is 19.8. The molecule has 0 saturated carbocycles. The number of rotatable bonds is 8. The van der Waals surface area contributed by atoms with Crippen LogP contribution in [0.25, 0.3) is 10.9 Å². The Kier molecular flexibility index (Phi) is 7.49. The molecule has 2 N–H and O–H groups in total. The number of nitrogens with one attached hydrogen (secondary N) is 1. The number of ether oxygens (including phenoxy) is 2. The molecular weight excluding hydrogens is 518 g/mol. The zero-order chi connectivity index (χ0) is 28.5. The molecule has 6 rings (SSSR count). The molecule has 2 aliphatic rings. The van der Waals surface area contributed by atoms with Gasteiger partial charge in [-0.15, -0.1) is 0 Å². The van der Waals surface area contributed by atoms with Crippen molar-refractivity contribution in [3.8, 4) is 5.88 Å². The van der Waals surface area contributed by atoms with Gasteiger partial charge in [-0.05, 0) is 43.4 Å². The summed E-state index contributed by atoms with van der Waals surface area (Å²) in [4.78, 5) is 27.1. The number of aromatic amines is 1. The van der Waals surface area contributed by atoms with E-state index in [9.17, 15) is 9.90 Å². The molecule has 212 valence electrons. The van der Waals surface area contributed by atoms with Crippen molar-refractivity contribution in [2.75, 3.05) is 58.8 Å². The maximum atomic E-state index is 12.0. The Hall–Kier alpha value is -4.18. The molecule has 2 aliphatic heterocycles. The van der Waals surface area contributed by atoms with Crippen LogP contribution in [0, 0.1) is 0 Å². The van der Waals surface area contributed by atoms with Crippen LogP contribution in [-0.4, -0.2) is 97.8 Å². The number of piperazine rings is 1. The van der Waals surface area contributed by atoms with Crippen LogP contribution in [0.3, 0.4) is 0 Å². The van der Waals surface area contributed by atoms with Gasteiger partial charge in [0.15, 0.2) is 12.1 Å². The molecule has 1 aromatic heterocycles. The lowest BCUT2D eigenvalue weighted by atomic mass is 10.00. The number of nitrogens with zero attached hydrogens (tertiary/aromatic N) is 4. The monoisotopic (exact) mass is 553 g/mol. The minimum absolute atomic E-state index is 0.0155. The van der Waals surface area contributed by atoms with Crippen LogP contribution in [0.15, 0.2) is 77.8 Å². The van der Waals surface area contributed by atoms with Crippen LogP contribution in [-0.2, 0) is 9.47 Å². The van der Waals surface area contributed by atoms with Gasteiger partial charge < -0.3 is 29.4 Å². The van der Waals surface area contributed by atoms with Crippen molar-refractivity contribution in [2.24, 2.45) is 4.99 Å². The number of hydrogen-bond donors (Lipinski definition) is 2. The molecule has 9 nitrogen and oxygen atoms in total. The molecule has 41 heavy (non-hydrogen) atoms. The quantitative estimate of drug-likeness (QED) is 0.191. The van der Waals surface area contributed by atoms with Crippen molar-refractivity contribution in [1.82, 2.24) is 14.8 Å². The Morgan fingerprint density at radius 2 is 1.78 bits per heavy atom. The first-order valence-corrected chi connectivity index (χ1v) is 13.9. The SMILES string of the molecule is COC(=O)c1ccc2c(C(=Nc3ccc(N(C)C4OC4CN4CCN(C)CC4)cc3)c3ccccc3)c(O)[nH]c2c1. The van der Waals surface area contributed by atoms with E-state index in [0.29, 0.717) is 22.4 Å². The number of hydrogen-bond acceptors (Lipinski definition) is 8. The van der Waals surface area contributed by atoms with Crippen LogP contribution >= 0.6 is 0 Å². The molecule has 3 heterocycles. The average Bonchev–Trinajstić information content (AvgIpc) is 3.69. The Labute approximate surface area is 239 Å². The van der Waals surface area contributed by atoms with E-state index in [2.05, 4.69) is 33.8 Å². The number of anilines is 1. The Morgan fingerprint density at radius 3 is 2.49 bits per heavy atom. The number of aromatic nitrogens is 1. The number of likely N-dealkylation sites (N-methyl/N-ethyl adjacent to an activating group) is 2. The van der Waals surface area contributed by atoms with Crippen LogP contribution in [0.5, 0.6) is 5.88 Å². The summed E-state index contributed by atoms with van der Waals surface area (Å²) in [5.41, 5.74) is 4.89. The van der Waals surface area contributed by atoms with Gasteiger partial charge in [-0.25, -0.2) is 9.79 Å². The summed E-state index contributed by atoms with van der Waals surface area (Å²) in [6, 6.07) is 23.0. The predicted molar refractivity (Wildman–Crippen MR) is 160 cm³/mol. The van der Waals surface area contributed by atoms with Gasteiger partial charge in [-0.1, -0.05) is 36.4 Å². The lowest BCUT2D eigenvalue weighted by Gasteiger charge is -2.32. The van der Waals surface area contributed by atoms with Crippen molar-refractivity contribution >= 4 is 34.0 Å². The molecule has 2 fully saturated rings. The first-order chi connectivity index (χ1) is 19.9. The highest BCUT2D eigenvalue weighted by atomic mass is 16.6. The number of esters is 1. The van der Waals surface area contributed by atoms with Gasteiger partial charge in [0.05, 0.1) is 29.6 Å². The number of benzene rings is 3. The van der Waals surface area contributed by atoms with Crippen molar-refractivity contribution < 1.29 is 19.4 Å². The van der Waals surface area contributed by atoms with E-state index in [0.717, 1.165) is 55.0 Å². The second-order valence-electron chi connectivity index (χ2n) is 10.7. The molecule has 0 radical (unpaired) electrons. The van der Waals surface area contributed by atoms with Crippen molar-refractivity contribution in [3.05, 3.63) is 89.5 Å². The second kappa shape index (κ2) is 11.4. The van der Waals surface area contributed by atoms with Gasteiger partial charge in [0.25, 0.3) is 0 Å². The third-order valence-electron chi connectivity index (χ3n) is 7.95. The fraction of sp³-hybridized carbons (Fsp3) is 0.312. The van der Waals surface area contributed by atoms with Gasteiger partial charge >= 0.3 is 5.97 Å². The molecule has 2 saturated heterocycles. The number of fused-ring (bicyclic) bond motifs is 1. The highest BCUT2D eigenvalue weighted by Gasteiger charge is 2.43. The van der Waals surface area contributed by atoms with Gasteiger partial charge in [-0.3, -0.25) is 4.90 Å². The van der Waals surface area contributed by atoms with Crippen LogP contribution in [0.4, 0.5) is 11.4 Å². The third kappa shape index (κ3) is 5.69. The fourth-order valence-electron chi connectivity index (χ4n) is 5.46. The standard InChI is InChI=1S/C32H35N5O4/c1-35-15-17-37(18-16-35)20-27-31(41-27)36(2)24-12-10-23(11-13-24)33-29(21-7-5-4-6-8-21)28-25-14-9-22(32(39)40-3)19-26(25)34-30(28)38/h4-14,19,27,31,34,38H,15-18,20H2,1-3H3. The average molecular weight is 554 g/mol. The van der Waals surface area contributed by atoms with Crippen LogP contribution in [0.2, 0.25) is 0 Å². The van der Waals surface area contributed by atoms with E-state index < -0.39 is 5.97 Å². The number of aromatic hydroxyl groups is 1. The summed E-state index contributed by atoms with van der Waals surface area (Å²) in [5, 5.41) is 11.7. The number of aliphatic imine (C=N–C) groups is 1. The molecule has 3 aromatic carbocycles. The number of epoxide rings is 1. The smallest absolute Gasteiger partial charge is 0.337 e. The number of carbonyl (C=O) groups is 1. The van der Waals surface area contributed by atoms with Crippen LogP contribution < -0.4 is 4.90 Å². The Balaban J connectivity index is 1.25. The Morgan fingerprint density at radius 1 is 1.05 bits per heavy atom. The van der Waals surface area contributed by atoms with Gasteiger partial charge in [0.1, 0.15) is 6.10 Å². The molecule has 9 heteroatoms. The van der Waals surface area contributed by atoms with Crippen molar-refractivity contribution in [3.63, 3.8) is 0 Å². The largest absolute Gasteiger partial charge is 0.494 e. The lowest BCUT2D eigenvalue weighted by Crippen LogP contribution is -2.46. The van der Waals surface area contributed by atoms with E-state index in [4.69, 9.17) is 14.5 Å². The molecule has 0 amide bonds. The van der Waals surface area contributed by atoms with Gasteiger partial charge in [0, 0.05) is 61.9 Å². The van der Waals surface area contributed by atoms with E-state index in [1.807, 2.05) is 54.6 Å². The first kappa shape index (κ1) is 27.0. The van der Waals surface area contributed by atoms with E-state index >= 15 is 0 Å². The summed E-state index contributed by atoms with van der Waals surface area (Å²) in [6.07, 6.45) is 0.289. The topological polar surface area (TPSA) is 96.9 Å². The maximum absolute atomic E-state index is 12.0. The number of H-pyrrole nitrogens is 1. The van der Waals surface area contributed by atoms with Gasteiger partial charge in [0.2, 0.25) is 0 Å². The highest BCUT2D eigenvalue weighted by molar-refractivity contribution is 6.22. The predicted octanol–water partition coefficient (Wildman–Crippen LogP) is 4.24. The minimum Gasteiger partial charge on any atom is -0.494 e. The zero-order valence-electron chi connectivity index (χ0n) is 23.6. The molecule has 2 unspecified atom stereocenters. The summed E-state index contributed by atoms with van der Waals surface area (Å²) in [6.45, 7) is 5.33. The molecule has 2 atom stereocenters. The summed E-state index contributed by atoms with van der Waals surface area (Å²) < 4.78 is 10.9. The Bertz CT molecular complexity index is 1560.